The number of nitrogens with zero attached hydrogens (tertiary/aromatic N) is 2. The maximum absolute atomic E-state index is 6.27. The van der Waals surface area contributed by atoms with E-state index in [2.05, 4.69) is 79.0 Å². The number of aryl methyl sites for hydroxylation is 1. The van der Waals surface area contributed by atoms with Crippen LogP contribution in [-0.2, 0) is 6.42 Å². The number of rotatable bonds is 7. The van der Waals surface area contributed by atoms with Gasteiger partial charge < -0.3 is 10.1 Å². The molecule has 0 unspecified atom stereocenters. The van der Waals surface area contributed by atoms with Gasteiger partial charge in [-0.2, -0.15) is 5.10 Å². The van der Waals surface area contributed by atoms with Crippen molar-refractivity contribution >= 4 is 17.6 Å². The van der Waals surface area contributed by atoms with Crippen LogP contribution in [0.4, 0.5) is 5.82 Å². The van der Waals surface area contributed by atoms with Crippen LogP contribution in [0.2, 0.25) is 0 Å². The number of ether oxygens (including phenoxy) is 1. The van der Waals surface area contributed by atoms with Gasteiger partial charge in [0.25, 0.3) is 0 Å². The Balaban J connectivity index is 1.36. The van der Waals surface area contributed by atoms with Crippen LogP contribution in [0.25, 0.3) is 22.9 Å². The quantitative estimate of drug-likeness (QED) is 0.510. The van der Waals surface area contributed by atoms with Gasteiger partial charge in [-0.1, -0.05) is 56.7 Å². The lowest BCUT2D eigenvalue weighted by atomic mass is 10.0. The average Bonchev–Trinajstić information content (AvgIpc) is 3.40. The van der Waals surface area contributed by atoms with Gasteiger partial charge in [-0.3, -0.25) is 0 Å². The molecule has 0 atom stereocenters. The number of aromatic nitrogens is 2. The SMILES string of the molecule is CCCC1(Oc2ccc(C3=Cn4ncc(-c5cccc(CC)c5)c4NC3)cc2)CC1. The molecule has 1 aliphatic carbocycles. The minimum absolute atomic E-state index is 0.109. The molecule has 4 nitrogen and oxygen atoms in total. The molecule has 30 heavy (non-hydrogen) atoms. The van der Waals surface area contributed by atoms with Crippen LogP contribution in [0.15, 0.2) is 54.7 Å². The van der Waals surface area contributed by atoms with E-state index in [9.17, 15) is 0 Å². The van der Waals surface area contributed by atoms with Crippen molar-refractivity contribution in [2.24, 2.45) is 0 Å². The summed E-state index contributed by atoms with van der Waals surface area (Å²) in [6, 6.07) is 17.2. The van der Waals surface area contributed by atoms with Gasteiger partial charge in [0.2, 0.25) is 0 Å². The zero-order chi connectivity index (χ0) is 20.6. The number of hydrogen-bond donors (Lipinski definition) is 1. The van der Waals surface area contributed by atoms with E-state index in [0.29, 0.717) is 0 Å². The molecule has 0 amide bonds. The first-order chi connectivity index (χ1) is 14.7. The average molecular weight is 400 g/mol. The van der Waals surface area contributed by atoms with Gasteiger partial charge in [-0.05, 0) is 60.1 Å². The Morgan fingerprint density at radius 2 is 1.90 bits per heavy atom. The number of hydrogen-bond acceptors (Lipinski definition) is 3. The highest BCUT2D eigenvalue weighted by atomic mass is 16.5. The second-order valence-corrected chi connectivity index (χ2v) is 8.47. The molecule has 0 spiro atoms. The van der Waals surface area contributed by atoms with Gasteiger partial charge in [-0.15, -0.1) is 0 Å². The van der Waals surface area contributed by atoms with Gasteiger partial charge in [0.05, 0.1) is 6.20 Å². The molecule has 1 aliphatic heterocycles. The monoisotopic (exact) mass is 399 g/mol. The maximum atomic E-state index is 6.27. The van der Waals surface area contributed by atoms with Crippen molar-refractivity contribution in [2.75, 3.05) is 11.9 Å². The first-order valence-electron chi connectivity index (χ1n) is 11.1. The zero-order valence-electron chi connectivity index (χ0n) is 17.8. The van der Waals surface area contributed by atoms with Gasteiger partial charge in [-0.25, -0.2) is 4.68 Å². The summed E-state index contributed by atoms with van der Waals surface area (Å²) in [5, 5.41) is 8.19. The fourth-order valence-corrected chi connectivity index (χ4v) is 4.34. The molecule has 0 radical (unpaired) electrons. The molecular formula is C26H29N3O. The fraction of sp³-hybridized carbons (Fsp3) is 0.346. The molecule has 0 bridgehead atoms. The number of fused-ring (bicyclic) bond motifs is 1. The molecule has 0 saturated heterocycles. The second kappa shape index (κ2) is 7.67. The van der Waals surface area contributed by atoms with Crippen LogP contribution in [0.3, 0.4) is 0 Å². The Morgan fingerprint density at radius 3 is 2.63 bits per heavy atom. The van der Waals surface area contributed by atoms with Crippen molar-refractivity contribution in [3.8, 4) is 16.9 Å². The van der Waals surface area contributed by atoms with Crippen molar-refractivity contribution in [3.05, 3.63) is 65.9 Å². The second-order valence-electron chi connectivity index (χ2n) is 8.47. The van der Waals surface area contributed by atoms with Gasteiger partial charge in [0, 0.05) is 18.3 Å². The molecule has 3 aromatic rings. The van der Waals surface area contributed by atoms with E-state index in [-0.39, 0.29) is 5.60 Å². The number of anilines is 1. The fourth-order valence-electron chi connectivity index (χ4n) is 4.34. The van der Waals surface area contributed by atoms with Crippen LogP contribution >= 0.6 is 0 Å². The van der Waals surface area contributed by atoms with E-state index < -0.39 is 0 Å². The maximum Gasteiger partial charge on any atom is 0.137 e. The molecule has 5 rings (SSSR count). The summed E-state index contributed by atoms with van der Waals surface area (Å²) < 4.78 is 8.23. The third-order valence-corrected chi connectivity index (χ3v) is 6.24. The Labute approximate surface area is 178 Å². The summed E-state index contributed by atoms with van der Waals surface area (Å²) in [4.78, 5) is 0. The highest BCUT2D eigenvalue weighted by Gasteiger charge is 2.44. The van der Waals surface area contributed by atoms with Crippen molar-refractivity contribution in [1.82, 2.24) is 9.78 Å². The highest BCUT2D eigenvalue weighted by Crippen LogP contribution is 2.44. The molecule has 1 saturated carbocycles. The molecule has 2 heterocycles. The summed E-state index contributed by atoms with van der Waals surface area (Å²) in [6.45, 7) is 5.20. The minimum atomic E-state index is 0.109. The van der Waals surface area contributed by atoms with E-state index in [1.54, 1.807) is 0 Å². The van der Waals surface area contributed by atoms with Gasteiger partial charge >= 0.3 is 0 Å². The summed E-state index contributed by atoms with van der Waals surface area (Å²) in [5.41, 5.74) is 6.23. The predicted molar refractivity (Wildman–Crippen MR) is 124 cm³/mol. The minimum Gasteiger partial charge on any atom is -0.487 e. The molecule has 154 valence electrons. The predicted octanol–water partition coefficient (Wildman–Crippen LogP) is 6.25. The van der Waals surface area contributed by atoms with E-state index in [4.69, 9.17) is 4.74 Å². The molecule has 1 N–H and O–H groups in total. The Bertz CT molecular complexity index is 1070. The third kappa shape index (κ3) is 3.62. The van der Waals surface area contributed by atoms with Crippen molar-refractivity contribution < 1.29 is 4.74 Å². The standard InChI is InChI=1S/C26H29N3O/c1-3-12-26(13-14-26)30-23-10-8-20(9-11-23)22-16-27-25-24(17-28-29(25)18-22)21-7-5-6-19(4-2)15-21/h5-11,15,17-18,27H,3-4,12-14,16H2,1-2H3. The molecule has 2 aliphatic rings. The molecule has 1 fully saturated rings. The van der Waals surface area contributed by atoms with E-state index in [0.717, 1.165) is 36.5 Å². The van der Waals surface area contributed by atoms with E-state index in [1.807, 2.05) is 10.9 Å². The zero-order valence-corrected chi connectivity index (χ0v) is 17.8. The van der Waals surface area contributed by atoms with Crippen LogP contribution in [0.5, 0.6) is 5.75 Å². The molecule has 4 heteroatoms. The van der Waals surface area contributed by atoms with Crippen molar-refractivity contribution in [3.63, 3.8) is 0 Å². The normalized spacial score (nSPS) is 16.4. The van der Waals surface area contributed by atoms with Gasteiger partial charge in [0.1, 0.15) is 17.2 Å². The van der Waals surface area contributed by atoms with Crippen molar-refractivity contribution in [1.29, 1.82) is 0 Å². The Hall–Kier alpha value is -3.01. The summed E-state index contributed by atoms with van der Waals surface area (Å²) in [6.07, 6.45) is 9.81. The largest absolute Gasteiger partial charge is 0.487 e. The Morgan fingerprint density at radius 1 is 1.07 bits per heavy atom. The van der Waals surface area contributed by atoms with Crippen LogP contribution in [0, 0.1) is 0 Å². The lowest BCUT2D eigenvalue weighted by molar-refractivity contribution is 0.167. The first-order valence-corrected chi connectivity index (χ1v) is 11.1. The molecule has 1 aromatic heterocycles. The third-order valence-electron chi connectivity index (χ3n) is 6.24. The summed E-state index contributed by atoms with van der Waals surface area (Å²) >= 11 is 0. The van der Waals surface area contributed by atoms with Crippen LogP contribution < -0.4 is 10.1 Å². The molecule has 2 aromatic carbocycles. The summed E-state index contributed by atoms with van der Waals surface area (Å²) in [7, 11) is 0. The van der Waals surface area contributed by atoms with E-state index in [1.165, 1.54) is 41.5 Å². The first kappa shape index (κ1) is 19.0. The van der Waals surface area contributed by atoms with Crippen LogP contribution in [0.1, 0.15) is 50.7 Å². The van der Waals surface area contributed by atoms with Crippen LogP contribution in [-0.4, -0.2) is 21.9 Å². The van der Waals surface area contributed by atoms with E-state index >= 15 is 0 Å². The smallest absolute Gasteiger partial charge is 0.137 e. The summed E-state index contributed by atoms with van der Waals surface area (Å²) in [5.74, 6) is 2.04. The number of nitrogens with one attached hydrogen (secondary N) is 1. The lowest BCUT2D eigenvalue weighted by Crippen LogP contribution is -2.17. The molecular weight excluding hydrogens is 370 g/mol. The Kier molecular flexibility index (Phi) is 4.86. The van der Waals surface area contributed by atoms with Gasteiger partial charge in [0.15, 0.2) is 0 Å². The van der Waals surface area contributed by atoms with Crippen molar-refractivity contribution in [2.45, 2.75) is 51.6 Å². The highest BCUT2D eigenvalue weighted by molar-refractivity contribution is 5.86. The topological polar surface area (TPSA) is 39.1 Å². The lowest BCUT2D eigenvalue weighted by Gasteiger charge is -2.20. The number of benzene rings is 2.